The number of rotatable bonds is 0. The number of fused-ring (bicyclic) bond motifs is 1. The van der Waals surface area contributed by atoms with E-state index in [2.05, 4.69) is 27.8 Å². The van der Waals surface area contributed by atoms with Crippen LogP contribution in [-0.2, 0) is 0 Å². The number of hydrogen-bond acceptors (Lipinski definition) is 2. The molecule has 13 heavy (non-hydrogen) atoms. The van der Waals surface area contributed by atoms with Crippen LogP contribution in [0.3, 0.4) is 0 Å². The lowest BCUT2D eigenvalue weighted by atomic mass is 10.4. The minimum absolute atomic E-state index is 0.115. The van der Waals surface area contributed by atoms with Gasteiger partial charge in [-0.05, 0) is 35.0 Å². The molecule has 4 heteroatoms. The van der Waals surface area contributed by atoms with Crippen LogP contribution in [0.5, 0.6) is 0 Å². The van der Waals surface area contributed by atoms with Crippen molar-refractivity contribution >= 4 is 21.6 Å². The van der Waals surface area contributed by atoms with Gasteiger partial charge in [0, 0.05) is 22.4 Å². The fourth-order valence-electron chi connectivity index (χ4n) is 1.13. The first-order valence-corrected chi connectivity index (χ1v) is 4.47. The fourth-order valence-corrected chi connectivity index (χ4v) is 1.46. The molecule has 0 aliphatic rings. The Morgan fingerprint density at radius 1 is 1.46 bits per heavy atom. The largest absolute Gasteiger partial charge is 0.269 e. The van der Waals surface area contributed by atoms with E-state index in [4.69, 9.17) is 0 Å². The van der Waals surface area contributed by atoms with Gasteiger partial charge < -0.3 is 0 Å². The Labute approximate surface area is 83.2 Å². The van der Waals surface area contributed by atoms with E-state index in [1.165, 1.54) is 10.5 Å². The van der Waals surface area contributed by atoms with Crippen LogP contribution < -0.4 is 5.56 Å². The van der Waals surface area contributed by atoms with Crippen LogP contribution in [-0.4, -0.2) is 9.38 Å². The average Bonchev–Trinajstić information content (AvgIpc) is 2.06. The summed E-state index contributed by atoms with van der Waals surface area (Å²) in [5.41, 5.74) is 0.990. The van der Waals surface area contributed by atoms with Gasteiger partial charge in [0.2, 0.25) is 0 Å². The molecule has 0 N–H and O–H groups in total. The van der Waals surface area contributed by atoms with Crippen LogP contribution in [0.2, 0.25) is 0 Å². The van der Waals surface area contributed by atoms with Gasteiger partial charge in [0.15, 0.2) is 0 Å². The molecule has 1 radical (unpaired) electrons. The lowest BCUT2D eigenvalue weighted by molar-refractivity contribution is 1.03. The molecule has 0 amide bonds. The monoisotopic (exact) mass is 237 g/mol. The summed E-state index contributed by atoms with van der Waals surface area (Å²) in [5, 5.41) is 0. The highest BCUT2D eigenvalue weighted by Gasteiger charge is 1.98. The Balaban J connectivity index is 2.95. The summed E-state index contributed by atoms with van der Waals surface area (Å²) < 4.78 is 2.32. The van der Waals surface area contributed by atoms with E-state index in [1.807, 2.05) is 6.07 Å². The summed E-state index contributed by atoms with van der Waals surface area (Å²) in [4.78, 5) is 15.5. The van der Waals surface area contributed by atoms with Gasteiger partial charge >= 0.3 is 0 Å². The third kappa shape index (κ3) is 1.49. The second kappa shape index (κ2) is 2.96. The Bertz CT molecular complexity index is 518. The highest BCUT2D eigenvalue weighted by molar-refractivity contribution is 9.10. The predicted molar refractivity (Wildman–Crippen MR) is 53.6 cm³/mol. The van der Waals surface area contributed by atoms with Crippen LogP contribution >= 0.6 is 15.9 Å². The minimum Gasteiger partial charge on any atom is -0.269 e. The number of halogens is 1. The van der Waals surface area contributed by atoms with Crippen molar-refractivity contribution in [2.45, 2.75) is 0 Å². The number of hydrogen-bond donors (Lipinski definition) is 0. The minimum atomic E-state index is -0.115. The van der Waals surface area contributed by atoms with E-state index in [1.54, 1.807) is 12.3 Å². The van der Waals surface area contributed by atoms with E-state index >= 15 is 0 Å². The van der Waals surface area contributed by atoms with E-state index in [0.29, 0.717) is 11.3 Å². The van der Waals surface area contributed by atoms with Crippen molar-refractivity contribution in [2.75, 3.05) is 0 Å². The Morgan fingerprint density at radius 3 is 3.00 bits per heavy atom. The third-order valence-electron chi connectivity index (χ3n) is 1.68. The van der Waals surface area contributed by atoms with Gasteiger partial charge in [0.25, 0.3) is 5.56 Å². The number of aromatic nitrogens is 2. The number of pyridine rings is 1. The van der Waals surface area contributed by atoms with Gasteiger partial charge in [-0.15, -0.1) is 0 Å². The maximum absolute atomic E-state index is 11.4. The van der Waals surface area contributed by atoms with Gasteiger partial charge in [-0.3, -0.25) is 9.20 Å². The molecule has 0 unspecified atom stereocenters. The first kappa shape index (κ1) is 8.44. The zero-order valence-corrected chi connectivity index (χ0v) is 8.28. The topological polar surface area (TPSA) is 34.4 Å². The van der Waals surface area contributed by atoms with Crippen LogP contribution in [0, 0.1) is 6.92 Å². The lowest BCUT2D eigenvalue weighted by Gasteiger charge is -2.00. The van der Waals surface area contributed by atoms with Crippen molar-refractivity contribution in [3.8, 4) is 0 Å². The van der Waals surface area contributed by atoms with Crippen molar-refractivity contribution < 1.29 is 0 Å². The first-order valence-electron chi connectivity index (χ1n) is 3.68. The summed E-state index contributed by atoms with van der Waals surface area (Å²) >= 11 is 3.28. The summed E-state index contributed by atoms with van der Waals surface area (Å²) in [7, 11) is 0. The summed E-state index contributed by atoms with van der Waals surface area (Å²) in [6.45, 7) is 3.62. The molecular weight excluding hydrogens is 232 g/mol. The molecule has 0 saturated heterocycles. The Morgan fingerprint density at radius 2 is 2.23 bits per heavy atom. The molecule has 2 heterocycles. The zero-order valence-electron chi connectivity index (χ0n) is 6.70. The molecule has 0 saturated carbocycles. The lowest BCUT2D eigenvalue weighted by Crippen LogP contribution is -2.14. The SMILES string of the molecule is [CH2]c1cc(=O)n2cc(Br)ccc2n1. The molecule has 0 aliphatic carbocycles. The third-order valence-corrected chi connectivity index (χ3v) is 2.15. The van der Waals surface area contributed by atoms with Gasteiger partial charge in [-0.25, -0.2) is 4.98 Å². The van der Waals surface area contributed by atoms with Crippen molar-refractivity contribution in [1.29, 1.82) is 0 Å². The van der Waals surface area contributed by atoms with Gasteiger partial charge in [-0.1, -0.05) is 0 Å². The first-order chi connectivity index (χ1) is 6.16. The van der Waals surface area contributed by atoms with E-state index in [-0.39, 0.29) is 5.56 Å². The summed E-state index contributed by atoms with van der Waals surface area (Å²) in [6.07, 6.45) is 1.68. The standard InChI is InChI=1S/C9H6BrN2O/c1-6-4-9(13)12-5-7(10)2-3-8(12)11-6/h2-5H,1H2. The molecule has 0 bridgehead atoms. The predicted octanol–water partition coefficient (Wildman–Crippen LogP) is 1.64. The highest BCUT2D eigenvalue weighted by atomic mass is 79.9. The van der Waals surface area contributed by atoms with Crippen LogP contribution in [0.25, 0.3) is 5.65 Å². The van der Waals surface area contributed by atoms with E-state index < -0.39 is 0 Å². The molecule has 0 fully saturated rings. The molecule has 2 aromatic heterocycles. The van der Waals surface area contributed by atoms with E-state index in [9.17, 15) is 4.79 Å². The Hall–Kier alpha value is -1.16. The number of nitrogens with zero attached hydrogens (tertiary/aromatic N) is 2. The normalized spacial score (nSPS) is 10.6. The van der Waals surface area contributed by atoms with Crippen LogP contribution in [0.15, 0.2) is 33.7 Å². The molecule has 0 atom stereocenters. The van der Waals surface area contributed by atoms with Crippen molar-refractivity contribution in [2.24, 2.45) is 0 Å². The summed E-state index contributed by atoms with van der Waals surface area (Å²) in [6, 6.07) is 5.00. The molecular formula is C9H6BrN2O. The van der Waals surface area contributed by atoms with Gasteiger partial charge in [-0.2, -0.15) is 0 Å². The molecule has 2 rings (SSSR count). The molecule has 0 aromatic carbocycles. The van der Waals surface area contributed by atoms with Gasteiger partial charge in [0.05, 0.1) is 0 Å². The second-order valence-corrected chi connectivity index (χ2v) is 3.58. The van der Waals surface area contributed by atoms with Crippen LogP contribution in [0.1, 0.15) is 5.69 Å². The maximum Gasteiger partial charge on any atom is 0.258 e. The molecule has 2 aromatic rings. The quantitative estimate of drug-likeness (QED) is 0.699. The molecule has 0 aliphatic heterocycles. The van der Waals surface area contributed by atoms with Crippen molar-refractivity contribution in [1.82, 2.24) is 9.38 Å². The zero-order chi connectivity index (χ0) is 9.42. The average molecular weight is 238 g/mol. The maximum atomic E-state index is 11.4. The second-order valence-electron chi connectivity index (χ2n) is 2.66. The smallest absolute Gasteiger partial charge is 0.258 e. The van der Waals surface area contributed by atoms with Crippen molar-refractivity contribution in [3.05, 3.63) is 51.8 Å². The van der Waals surface area contributed by atoms with E-state index in [0.717, 1.165) is 4.47 Å². The van der Waals surface area contributed by atoms with Gasteiger partial charge in [0.1, 0.15) is 5.65 Å². The molecule has 3 nitrogen and oxygen atoms in total. The highest BCUT2D eigenvalue weighted by Crippen LogP contribution is 2.08. The summed E-state index contributed by atoms with van der Waals surface area (Å²) in [5.74, 6) is 0. The van der Waals surface area contributed by atoms with Crippen molar-refractivity contribution in [3.63, 3.8) is 0 Å². The van der Waals surface area contributed by atoms with Crippen LogP contribution in [0.4, 0.5) is 0 Å². The molecule has 0 spiro atoms. The fraction of sp³-hybridized carbons (Fsp3) is 0. The Kier molecular flexibility index (Phi) is 1.92. The molecule has 65 valence electrons.